The predicted octanol–water partition coefficient (Wildman–Crippen LogP) is 4.31. The van der Waals surface area contributed by atoms with Gasteiger partial charge in [-0.15, -0.1) is 0 Å². The van der Waals surface area contributed by atoms with E-state index in [1.807, 2.05) is 42.9 Å². The number of pyridine rings is 1. The lowest BCUT2D eigenvalue weighted by atomic mass is 10.0. The summed E-state index contributed by atoms with van der Waals surface area (Å²) >= 11 is 0. The fourth-order valence-corrected chi connectivity index (χ4v) is 4.80. The summed E-state index contributed by atoms with van der Waals surface area (Å²) in [5.41, 5.74) is 5.32. The first kappa shape index (κ1) is 19.2. The number of benzene rings is 1. The first-order chi connectivity index (χ1) is 15.4. The molecule has 1 aliphatic heterocycles. The van der Waals surface area contributed by atoms with E-state index in [9.17, 15) is 4.79 Å². The molecule has 4 heterocycles. The van der Waals surface area contributed by atoms with Crippen molar-refractivity contribution in [2.45, 2.75) is 52.1 Å². The molecule has 32 heavy (non-hydrogen) atoms. The maximum absolute atomic E-state index is 12.7. The van der Waals surface area contributed by atoms with Gasteiger partial charge in [0.15, 0.2) is 5.82 Å². The van der Waals surface area contributed by atoms with Gasteiger partial charge in [0, 0.05) is 36.3 Å². The Kier molecular flexibility index (Phi) is 4.06. The monoisotopic (exact) mass is 426 g/mol. The Bertz CT molecular complexity index is 1370. The number of aryl methyl sites for hydroxylation is 2. The van der Waals surface area contributed by atoms with E-state index in [-0.39, 0.29) is 11.9 Å². The molecule has 7 nitrogen and oxygen atoms in total. The van der Waals surface area contributed by atoms with Crippen molar-refractivity contribution in [3.8, 4) is 17.1 Å². The first-order valence-electron chi connectivity index (χ1n) is 11.2. The average molecular weight is 427 g/mol. The lowest BCUT2D eigenvalue weighted by molar-refractivity contribution is -0.135. The zero-order valence-electron chi connectivity index (χ0n) is 18.8. The van der Waals surface area contributed by atoms with E-state index in [2.05, 4.69) is 40.9 Å². The number of carbonyl (C=O) groups excluding carboxylic acids is 1. The van der Waals surface area contributed by atoms with E-state index in [1.165, 1.54) is 0 Å². The van der Waals surface area contributed by atoms with Crippen molar-refractivity contribution in [3.05, 3.63) is 59.4 Å². The number of imidazole rings is 1. The highest BCUT2D eigenvalue weighted by Gasteiger charge is 2.38. The first-order valence-corrected chi connectivity index (χ1v) is 11.2. The largest absolute Gasteiger partial charge is 0.338 e. The molecule has 1 aromatic carbocycles. The quantitative estimate of drug-likeness (QED) is 0.489. The molecule has 1 amide bonds. The molecule has 0 radical (unpaired) electrons. The predicted molar refractivity (Wildman–Crippen MR) is 123 cm³/mol. The van der Waals surface area contributed by atoms with Gasteiger partial charge >= 0.3 is 0 Å². The number of carbonyl (C=O) groups is 1. The normalized spacial score (nSPS) is 18.4. The van der Waals surface area contributed by atoms with Crippen LogP contribution in [-0.2, 0) is 11.3 Å². The average Bonchev–Trinajstić information content (AvgIpc) is 3.49. The molecule has 162 valence electrons. The van der Waals surface area contributed by atoms with Crippen molar-refractivity contribution in [1.82, 2.24) is 29.2 Å². The van der Waals surface area contributed by atoms with Crippen molar-refractivity contribution >= 4 is 16.7 Å². The highest BCUT2D eigenvalue weighted by molar-refractivity contribution is 5.97. The van der Waals surface area contributed by atoms with Gasteiger partial charge in [0.25, 0.3) is 0 Å². The van der Waals surface area contributed by atoms with Crippen LogP contribution in [0.3, 0.4) is 0 Å². The maximum atomic E-state index is 12.7. The Labute approximate surface area is 186 Å². The summed E-state index contributed by atoms with van der Waals surface area (Å²) in [4.78, 5) is 24.4. The molecule has 3 aromatic heterocycles. The van der Waals surface area contributed by atoms with Crippen LogP contribution < -0.4 is 0 Å². The van der Waals surface area contributed by atoms with Crippen molar-refractivity contribution in [2.24, 2.45) is 0 Å². The number of rotatable bonds is 3. The number of hydrogen-bond donors (Lipinski definition) is 0. The smallest absolute Gasteiger partial charge is 0.245 e. The lowest BCUT2D eigenvalue weighted by Gasteiger charge is -2.31. The molecule has 7 heteroatoms. The minimum atomic E-state index is -0.216. The van der Waals surface area contributed by atoms with E-state index < -0.39 is 0 Å². The second-order valence-corrected chi connectivity index (χ2v) is 9.19. The molecule has 2 aliphatic rings. The van der Waals surface area contributed by atoms with Gasteiger partial charge in [0.1, 0.15) is 11.9 Å². The minimum Gasteiger partial charge on any atom is -0.338 e. The van der Waals surface area contributed by atoms with Gasteiger partial charge < -0.3 is 9.47 Å². The zero-order valence-corrected chi connectivity index (χ0v) is 18.8. The van der Waals surface area contributed by atoms with Crippen LogP contribution in [0.1, 0.15) is 54.5 Å². The molecule has 1 unspecified atom stereocenters. The number of hydrogen-bond acceptors (Lipinski definition) is 4. The van der Waals surface area contributed by atoms with Gasteiger partial charge in [0.2, 0.25) is 5.91 Å². The van der Waals surface area contributed by atoms with Crippen LogP contribution >= 0.6 is 0 Å². The number of aromatic nitrogens is 5. The number of nitrogens with zero attached hydrogens (tertiary/aromatic N) is 6. The second kappa shape index (κ2) is 6.76. The molecular weight excluding hydrogens is 400 g/mol. The van der Waals surface area contributed by atoms with Crippen molar-refractivity contribution in [2.75, 3.05) is 7.05 Å². The number of amides is 1. The van der Waals surface area contributed by atoms with E-state index in [0.717, 1.165) is 63.5 Å². The summed E-state index contributed by atoms with van der Waals surface area (Å²) in [6.45, 7) is 6.63. The van der Waals surface area contributed by atoms with Crippen LogP contribution in [0.2, 0.25) is 0 Å². The maximum Gasteiger partial charge on any atom is 0.245 e. The summed E-state index contributed by atoms with van der Waals surface area (Å²) in [5.74, 6) is 2.48. The summed E-state index contributed by atoms with van der Waals surface area (Å²) in [7, 11) is 1.88. The highest BCUT2D eigenvalue weighted by atomic mass is 16.2. The Hall–Kier alpha value is -3.48. The lowest BCUT2D eigenvalue weighted by Crippen LogP contribution is -2.39. The molecule has 0 N–H and O–H groups in total. The van der Waals surface area contributed by atoms with Crippen molar-refractivity contribution in [3.63, 3.8) is 0 Å². The minimum absolute atomic E-state index is 0.150. The molecule has 1 fully saturated rings. The highest BCUT2D eigenvalue weighted by Crippen LogP contribution is 2.44. The third-order valence-electron chi connectivity index (χ3n) is 6.87. The van der Waals surface area contributed by atoms with Gasteiger partial charge in [-0.1, -0.05) is 18.2 Å². The Morgan fingerprint density at radius 2 is 1.97 bits per heavy atom. The topological polar surface area (TPSA) is 68.8 Å². The molecule has 1 saturated carbocycles. The molecule has 0 saturated heterocycles. The van der Waals surface area contributed by atoms with Crippen LogP contribution in [0, 0.1) is 13.8 Å². The van der Waals surface area contributed by atoms with Gasteiger partial charge in [-0.25, -0.2) is 14.6 Å². The Balaban J connectivity index is 1.52. The molecular formula is C25H26N6O. The van der Waals surface area contributed by atoms with Crippen LogP contribution in [0.15, 0.2) is 36.7 Å². The molecule has 4 aromatic rings. The van der Waals surface area contributed by atoms with E-state index in [1.54, 1.807) is 0 Å². The molecule has 0 bridgehead atoms. The third-order valence-corrected chi connectivity index (χ3v) is 6.87. The summed E-state index contributed by atoms with van der Waals surface area (Å²) in [5, 5.41) is 6.74. The molecule has 1 aliphatic carbocycles. The SMILES string of the molecule is Cc1cn(-c2cc3cccc(-c4nc(C5CC5)n5c4CN(C)C(=O)C5C)c3cn2)nc1C. The third kappa shape index (κ3) is 2.80. The fourth-order valence-electron chi connectivity index (χ4n) is 4.80. The van der Waals surface area contributed by atoms with E-state index in [4.69, 9.17) is 9.97 Å². The van der Waals surface area contributed by atoms with Crippen LogP contribution in [0.25, 0.3) is 27.8 Å². The second-order valence-electron chi connectivity index (χ2n) is 9.19. The molecule has 6 rings (SSSR count). The van der Waals surface area contributed by atoms with Crippen LogP contribution in [0.4, 0.5) is 0 Å². The van der Waals surface area contributed by atoms with Gasteiger partial charge in [0.05, 0.1) is 23.6 Å². The van der Waals surface area contributed by atoms with Crippen molar-refractivity contribution < 1.29 is 4.79 Å². The number of likely N-dealkylation sites (N-methyl/N-ethyl adjacent to an activating group) is 1. The molecule has 0 spiro atoms. The fraction of sp³-hybridized carbons (Fsp3) is 0.360. The van der Waals surface area contributed by atoms with Crippen LogP contribution in [-0.4, -0.2) is 42.2 Å². The van der Waals surface area contributed by atoms with Crippen molar-refractivity contribution in [1.29, 1.82) is 0 Å². The van der Waals surface area contributed by atoms with Gasteiger partial charge in [-0.05, 0) is 50.6 Å². The summed E-state index contributed by atoms with van der Waals surface area (Å²) in [6, 6.07) is 8.16. The Morgan fingerprint density at radius 1 is 1.16 bits per heavy atom. The van der Waals surface area contributed by atoms with E-state index >= 15 is 0 Å². The Morgan fingerprint density at radius 3 is 2.69 bits per heavy atom. The standard InChI is InChI=1S/C25H26N6O/c1-14-12-30(28-15(14)2)22-10-18-6-5-7-19(20(18)11-26-22)23-21-13-29(4)25(32)16(3)31(21)24(27-23)17-8-9-17/h5-7,10-12,16-17H,8-9,13H2,1-4H3. The van der Waals surface area contributed by atoms with Gasteiger partial charge in [-0.2, -0.15) is 5.10 Å². The molecule has 1 atom stereocenters. The van der Waals surface area contributed by atoms with Gasteiger partial charge in [-0.3, -0.25) is 4.79 Å². The van der Waals surface area contributed by atoms with E-state index in [0.29, 0.717) is 12.5 Å². The summed E-state index contributed by atoms with van der Waals surface area (Å²) < 4.78 is 4.04. The number of fused-ring (bicyclic) bond motifs is 2. The summed E-state index contributed by atoms with van der Waals surface area (Å²) in [6.07, 6.45) is 6.23. The zero-order chi connectivity index (χ0) is 22.1. The van der Waals surface area contributed by atoms with Crippen LogP contribution in [0.5, 0.6) is 0 Å².